The van der Waals surface area contributed by atoms with Crippen LogP contribution < -0.4 is 9.80 Å². The molecule has 2 aromatic carbocycles. The molecule has 6 rings (SSSR count). The molecule has 1 unspecified atom stereocenters. The van der Waals surface area contributed by atoms with Crippen molar-refractivity contribution in [3.8, 4) is 17.1 Å². The van der Waals surface area contributed by atoms with E-state index in [1.807, 2.05) is 41.2 Å². The molecule has 0 spiro atoms. The van der Waals surface area contributed by atoms with Crippen LogP contribution >= 0.6 is 11.8 Å². The fraction of sp³-hybridized carbons (Fsp3) is 0.231. The highest BCUT2D eigenvalue weighted by molar-refractivity contribution is 7.98. The number of hydrogen-bond donors (Lipinski definition) is 0. The van der Waals surface area contributed by atoms with Crippen LogP contribution in [0.2, 0.25) is 0 Å². The smallest absolute Gasteiger partial charge is 0.252 e. The van der Waals surface area contributed by atoms with Gasteiger partial charge < -0.3 is 14.5 Å². The minimum absolute atomic E-state index is 0.0168. The third-order valence-corrected chi connectivity index (χ3v) is 7.11. The molecule has 0 radical (unpaired) electrons. The van der Waals surface area contributed by atoms with Crippen LogP contribution in [0.3, 0.4) is 0 Å². The fourth-order valence-electron chi connectivity index (χ4n) is 4.55. The summed E-state index contributed by atoms with van der Waals surface area (Å²) in [6, 6.07) is 17.8. The first-order chi connectivity index (χ1) is 17.2. The predicted octanol–water partition coefficient (Wildman–Crippen LogP) is 3.80. The van der Waals surface area contributed by atoms with Crippen molar-refractivity contribution in [1.82, 2.24) is 19.7 Å². The van der Waals surface area contributed by atoms with Crippen molar-refractivity contribution >= 4 is 29.2 Å². The molecule has 8 nitrogen and oxygen atoms in total. The van der Waals surface area contributed by atoms with Crippen molar-refractivity contribution < 1.29 is 9.53 Å². The molecule has 4 aromatic rings. The van der Waals surface area contributed by atoms with Crippen molar-refractivity contribution in [2.75, 3.05) is 35.8 Å². The molecule has 1 fully saturated rings. The van der Waals surface area contributed by atoms with E-state index in [-0.39, 0.29) is 11.9 Å². The number of ether oxygens (including phenoxy) is 1. The molecule has 0 aliphatic carbocycles. The van der Waals surface area contributed by atoms with Gasteiger partial charge in [-0.1, -0.05) is 24.3 Å². The number of carbonyl (C=O) groups is 1. The second-order valence-electron chi connectivity index (χ2n) is 8.46. The normalized spacial score (nSPS) is 17.3. The van der Waals surface area contributed by atoms with Crippen molar-refractivity contribution in [3.63, 3.8) is 0 Å². The van der Waals surface area contributed by atoms with E-state index in [2.05, 4.69) is 45.5 Å². The van der Waals surface area contributed by atoms with Gasteiger partial charge in [0.25, 0.3) is 5.91 Å². The zero-order valence-electron chi connectivity index (χ0n) is 19.2. The van der Waals surface area contributed by atoms with Gasteiger partial charge in [0.1, 0.15) is 11.7 Å². The Morgan fingerprint density at radius 1 is 1.14 bits per heavy atom. The van der Waals surface area contributed by atoms with Crippen LogP contribution in [-0.4, -0.2) is 57.7 Å². The molecule has 176 valence electrons. The largest absolute Gasteiger partial charge is 0.377 e. The highest BCUT2D eigenvalue weighted by atomic mass is 32.2. The van der Waals surface area contributed by atoms with Gasteiger partial charge >= 0.3 is 0 Å². The van der Waals surface area contributed by atoms with Gasteiger partial charge in [-0.3, -0.25) is 4.79 Å². The summed E-state index contributed by atoms with van der Waals surface area (Å²) in [5.41, 5.74) is 3.61. The lowest BCUT2D eigenvalue weighted by atomic mass is 10.1. The Morgan fingerprint density at radius 2 is 2.03 bits per heavy atom. The number of thioether (sulfide) groups is 1. The van der Waals surface area contributed by atoms with Crippen molar-refractivity contribution in [2.24, 2.45) is 0 Å². The summed E-state index contributed by atoms with van der Waals surface area (Å²) in [4.78, 5) is 28.2. The van der Waals surface area contributed by atoms with E-state index >= 15 is 0 Å². The molecule has 1 amide bonds. The molecule has 4 heterocycles. The maximum Gasteiger partial charge on any atom is 0.252 e. The van der Waals surface area contributed by atoms with Crippen LogP contribution in [0.15, 0.2) is 78.1 Å². The third-order valence-electron chi connectivity index (χ3n) is 6.37. The summed E-state index contributed by atoms with van der Waals surface area (Å²) in [5.74, 6) is 1.40. The lowest BCUT2D eigenvalue weighted by Gasteiger charge is -2.43. The predicted molar refractivity (Wildman–Crippen MR) is 136 cm³/mol. The lowest BCUT2D eigenvalue weighted by molar-refractivity contribution is -0.122. The summed E-state index contributed by atoms with van der Waals surface area (Å²) in [5, 5.41) is 4.32. The van der Waals surface area contributed by atoms with E-state index in [4.69, 9.17) is 9.72 Å². The quantitative estimate of drug-likeness (QED) is 0.399. The monoisotopic (exact) mass is 484 g/mol. The Labute approximate surface area is 207 Å². The number of nitrogens with zero attached hydrogens (tertiary/aromatic N) is 6. The van der Waals surface area contributed by atoms with Gasteiger partial charge in [-0.25, -0.2) is 14.6 Å². The van der Waals surface area contributed by atoms with Crippen molar-refractivity contribution in [3.05, 3.63) is 78.8 Å². The number of carbonyl (C=O) groups excluding carboxylic acids is 1. The molecule has 0 bridgehead atoms. The van der Waals surface area contributed by atoms with Gasteiger partial charge in [0.05, 0.1) is 31.6 Å². The highest BCUT2D eigenvalue weighted by Crippen LogP contribution is 2.37. The number of rotatable bonds is 5. The Kier molecular flexibility index (Phi) is 5.71. The molecular weight excluding hydrogens is 460 g/mol. The maximum atomic E-state index is 13.5. The molecule has 0 N–H and O–H groups in total. The van der Waals surface area contributed by atoms with E-state index in [0.29, 0.717) is 32.1 Å². The molecule has 2 aliphatic rings. The van der Waals surface area contributed by atoms with Crippen LogP contribution in [0.4, 0.5) is 11.5 Å². The SMILES string of the molecule is CSc1ccc(CN2C(=O)C3COCCN3c3nc(-c4cccc(-n5cccn5)c4)ncc32)cc1. The van der Waals surface area contributed by atoms with E-state index in [1.54, 1.807) is 29.1 Å². The molecule has 1 saturated heterocycles. The fourth-order valence-corrected chi connectivity index (χ4v) is 4.96. The molecule has 35 heavy (non-hydrogen) atoms. The highest BCUT2D eigenvalue weighted by Gasteiger charge is 2.41. The Morgan fingerprint density at radius 3 is 2.83 bits per heavy atom. The summed E-state index contributed by atoms with van der Waals surface area (Å²) < 4.78 is 7.49. The molecule has 2 aromatic heterocycles. The molecule has 2 aliphatic heterocycles. The molecule has 9 heteroatoms. The van der Waals surface area contributed by atoms with Gasteiger partial charge in [0.15, 0.2) is 11.6 Å². The van der Waals surface area contributed by atoms with Gasteiger partial charge in [0.2, 0.25) is 0 Å². The first-order valence-corrected chi connectivity index (χ1v) is 12.7. The van der Waals surface area contributed by atoms with Crippen LogP contribution in [0, 0.1) is 0 Å². The molecular formula is C26H24N6O2S. The van der Waals surface area contributed by atoms with Gasteiger partial charge in [-0.05, 0) is 42.2 Å². The Bertz CT molecular complexity index is 1360. The number of benzene rings is 2. The second-order valence-corrected chi connectivity index (χ2v) is 9.34. The van der Waals surface area contributed by atoms with E-state index in [9.17, 15) is 4.79 Å². The van der Waals surface area contributed by atoms with E-state index in [0.717, 1.165) is 28.3 Å². The number of fused-ring (bicyclic) bond motifs is 3. The first-order valence-electron chi connectivity index (χ1n) is 11.5. The summed E-state index contributed by atoms with van der Waals surface area (Å²) in [6.45, 7) is 1.99. The number of amides is 1. The van der Waals surface area contributed by atoms with Crippen LogP contribution in [-0.2, 0) is 16.1 Å². The van der Waals surface area contributed by atoms with Gasteiger partial charge in [0, 0.05) is 29.4 Å². The maximum absolute atomic E-state index is 13.5. The standard InChI is InChI=1S/C26H24N6O2S/c1-35-21-8-6-18(7-9-21)16-31-22-15-27-24(19-4-2-5-20(14-19)32-11-3-10-28-32)29-25(22)30-12-13-34-17-23(30)26(31)33/h2-11,14-15,23H,12-13,16-17H2,1H3. The number of hydrogen-bond acceptors (Lipinski definition) is 7. The number of anilines is 2. The van der Waals surface area contributed by atoms with Gasteiger partial charge in [-0.15, -0.1) is 11.8 Å². The molecule has 0 saturated carbocycles. The van der Waals surface area contributed by atoms with Crippen LogP contribution in [0.5, 0.6) is 0 Å². The Balaban J connectivity index is 1.39. The number of morpholine rings is 1. The zero-order chi connectivity index (χ0) is 23.8. The van der Waals surface area contributed by atoms with Crippen molar-refractivity contribution in [2.45, 2.75) is 17.5 Å². The van der Waals surface area contributed by atoms with Crippen LogP contribution in [0.25, 0.3) is 17.1 Å². The third kappa shape index (κ3) is 4.06. The summed E-state index contributed by atoms with van der Waals surface area (Å²) in [7, 11) is 0. The minimum Gasteiger partial charge on any atom is -0.377 e. The zero-order valence-corrected chi connectivity index (χ0v) is 20.1. The average Bonchev–Trinajstić information content (AvgIpc) is 3.46. The molecule has 1 atom stereocenters. The lowest BCUT2D eigenvalue weighted by Crippen LogP contribution is -2.58. The summed E-state index contributed by atoms with van der Waals surface area (Å²) >= 11 is 1.70. The van der Waals surface area contributed by atoms with E-state index in [1.165, 1.54) is 4.90 Å². The first kappa shape index (κ1) is 21.8. The Hall–Kier alpha value is -3.69. The average molecular weight is 485 g/mol. The van der Waals surface area contributed by atoms with Crippen molar-refractivity contribution in [1.29, 1.82) is 0 Å². The number of aromatic nitrogens is 4. The minimum atomic E-state index is -0.389. The second kappa shape index (κ2) is 9.16. The summed E-state index contributed by atoms with van der Waals surface area (Å²) in [6.07, 6.45) is 7.48. The van der Waals surface area contributed by atoms with Gasteiger partial charge in [-0.2, -0.15) is 5.10 Å². The van der Waals surface area contributed by atoms with E-state index < -0.39 is 0 Å². The van der Waals surface area contributed by atoms with Crippen LogP contribution in [0.1, 0.15) is 5.56 Å². The topological polar surface area (TPSA) is 76.4 Å².